The van der Waals surface area contributed by atoms with Crippen LogP contribution in [0, 0.1) is 4.77 Å². The summed E-state index contributed by atoms with van der Waals surface area (Å²) < 4.78 is 7.59. The van der Waals surface area contributed by atoms with E-state index in [2.05, 4.69) is 4.98 Å². The zero-order valence-corrected chi connectivity index (χ0v) is 12.2. The average molecular weight is 307 g/mol. The maximum Gasteiger partial charge on any atom is 0.252 e. The summed E-state index contributed by atoms with van der Waals surface area (Å²) >= 11 is 5.19. The number of aliphatic hydroxyl groups excluding tert-OH is 1. The second kappa shape index (κ2) is 7.16. The van der Waals surface area contributed by atoms with Crippen LogP contribution >= 0.6 is 12.2 Å². The molecule has 21 heavy (non-hydrogen) atoms. The third kappa shape index (κ3) is 3.57. The van der Waals surface area contributed by atoms with Crippen LogP contribution in [-0.2, 0) is 6.54 Å². The predicted octanol–water partition coefficient (Wildman–Crippen LogP) is 0.903. The van der Waals surface area contributed by atoms with E-state index in [0.717, 1.165) is 5.56 Å². The highest BCUT2D eigenvalue weighted by molar-refractivity contribution is 7.71. The Morgan fingerprint density at radius 2 is 2.14 bits per heavy atom. The van der Waals surface area contributed by atoms with Crippen LogP contribution in [0.1, 0.15) is 0 Å². The quantitative estimate of drug-likeness (QED) is 0.690. The second-order valence-electron chi connectivity index (χ2n) is 4.33. The lowest BCUT2D eigenvalue weighted by Crippen LogP contribution is -2.19. The fourth-order valence-corrected chi connectivity index (χ4v) is 2.34. The molecule has 0 spiro atoms. The third-order valence-electron chi connectivity index (χ3n) is 2.90. The topological polar surface area (TPSA) is 93.3 Å². The van der Waals surface area contributed by atoms with Crippen LogP contribution in [0.4, 0.5) is 0 Å². The van der Waals surface area contributed by atoms with E-state index in [1.165, 1.54) is 6.07 Å². The summed E-state index contributed by atoms with van der Waals surface area (Å²) in [7, 11) is 0. The summed E-state index contributed by atoms with van der Waals surface area (Å²) in [6.07, 6.45) is 0. The highest BCUT2D eigenvalue weighted by atomic mass is 32.1. The van der Waals surface area contributed by atoms with E-state index in [4.69, 9.17) is 27.8 Å². The van der Waals surface area contributed by atoms with Crippen LogP contribution < -0.4 is 16.0 Å². The number of aromatic amines is 1. The van der Waals surface area contributed by atoms with Crippen molar-refractivity contribution in [1.29, 1.82) is 0 Å². The van der Waals surface area contributed by atoms with Crippen LogP contribution in [0.2, 0.25) is 0 Å². The molecule has 7 heteroatoms. The number of nitrogens with zero attached hydrogens (tertiary/aromatic N) is 1. The molecular weight excluding hydrogens is 290 g/mol. The van der Waals surface area contributed by atoms with E-state index in [1.54, 1.807) is 10.6 Å². The Hall–Kier alpha value is -1.96. The number of rotatable bonds is 6. The molecule has 0 radical (unpaired) electrons. The van der Waals surface area contributed by atoms with Gasteiger partial charge in [0.15, 0.2) is 4.77 Å². The molecular formula is C14H17N3O3S. The summed E-state index contributed by atoms with van der Waals surface area (Å²) in [5, 5.41) is 8.90. The van der Waals surface area contributed by atoms with E-state index in [1.807, 2.05) is 18.2 Å². The van der Waals surface area contributed by atoms with Gasteiger partial charge in [-0.05, 0) is 24.4 Å². The number of aliphatic hydroxyl groups is 1. The fraction of sp³-hybridized carbons (Fsp3) is 0.286. The third-order valence-corrected chi connectivity index (χ3v) is 3.22. The van der Waals surface area contributed by atoms with Crippen molar-refractivity contribution in [1.82, 2.24) is 9.55 Å². The molecule has 6 nitrogen and oxygen atoms in total. The van der Waals surface area contributed by atoms with E-state index in [0.29, 0.717) is 29.3 Å². The second-order valence-corrected chi connectivity index (χ2v) is 4.72. The van der Waals surface area contributed by atoms with Crippen LogP contribution in [0.15, 0.2) is 35.1 Å². The first-order valence-electron chi connectivity index (χ1n) is 6.54. The van der Waals surface area contributed by atoms with Crippen molar-refractivity contribution in [2.24, 2.45) is 5.73 Å². The maximum atomic E-state index is 11.7. The number of aromatic nitrogens is 2. The first-order valence-corrected chi connectivity index (χ1v) is 6.95. The lowest BCUT2D eigenvalue weighted by atomic mass is 10.1. The van der Waals surface area contributed by atoms with Crippen molar-refractivity contribution in [3.63, 3.8) is 0 Å². The minimum atomic E-state index is -0.278. The molecule has 0 unspecified atom stereocenters. The first kappa shape index (κ1) is 15.4. The highest BCUT2D eigenvalue weighted by Crippen LogP contribution is 2.29. The van der Waals surface area contributed by atoms with Crippen LogP contribution in [0.5, 0.6) is 5.75 Å². The zero-order valence-electron chi connectivity index (χ0n) is 11.4. The minimum absolute atomic E-state index is 0.0845. The standard InChI is InChI=1S/C14H17N3O3S/c15-5-6-17-11(9-13(19)16-14(17)21)10-3-1-2-4-12(10)20-8-7-18/h1-4,9,18H,5-8,15H2,(H,16,19,21). The number of ether oxygens (including phenoxy) is 1. The van der Waals surface area contributed by atoms with Crippen molar-refractivity contribution >= 4 is 12.2 Å². The molecule has 1 aromatic carbocycles. The molecule has 0 fully saturated rings. The molecule has 1 aromatic heterocycles. The number of H-pyrrole nitrogens is 1. The molecule has 0 saturated heterocycles. The molecule has 0 atom stereocenters. The van der Waals surface area contributed by atoms with Gasteiger partial charge in [0.05, 0.1) is 12.3 Å². The Morgan fingerprint density at radius 1 is 1.38 bits per heavy atom. The Bertz CT molecular complexity index is 724. The van der Waals surface area contributed by atoms with Gasteiger partial charge < -0.3 is 20.1 Å². The molecule has 0 amide bonds. The van der Waals surface area contributed by atoms with Crippen molar-refractivity contribution in [3.05, 3.63) is 45.5 Å². The number of nitrogens with one attached hydrogen (secondary N) is 1. The van der Waals surface area contributed by atoms with Gasteiger partial charge in [0.25, 0.3) is 5.56 Å². The van der Waals surface area contributed by atoms with E-state index >= 15 is 0 Å². The van der Waals surface area contributed by atoms with Crippen LogP contribution in [0.25, 0.3) is 11.3 Å². The number of benzene rings is 1. The summed E-state index contributed by atoms with van der Waals surface area (Å²) in [6, 6.07) is 8.75. The Balaban J connectivity index is 2.61. The maximum absolute atomic E-state index is 11.7. The molecule has 0 aliphatic heterocycles. The number of nitrogens with two attached hydrogens (primary N) is 1. The lowest BCUT2D eigenvalue weighted by molar-refractivity contribution is 0.202. The van der Waals surface area contributed by atoms with Crippen molar-refractivity contribution in [2.75, 3.05) is 19.8 Å². The Kier molecular flexibility index (Phi) is 5.26. The molecule has 2 aromatic rings. The molecule has 2 rings (SSSR count). The monoisotopic (exact) mass is 307 g/mol. The SMILES string of the molecule is NCCn1c(-c2ccccc2OCCO)cc(=O)[nH]c1=S. The number of hydrogen-bond donors (Lipinski definition) is 3. The van der Waals surface area contributed by atoms with E-state index in [-0.39, 0.29) is 18.8 Å². The summed E-state index contributed by atoms with van der Waals surface area (Å²) in [4.78, 5) is 14.3. The van der Waals surface area contributed by atoms with Gasteiger partial charge in [-0.1, -0.05) is 12.1 Å². The van der Waals surface area contributed by atoms with Gasteiger partial charge >= 0.3 is 0 Å². The largest absolute Gasteiger partial charge is 0.490 e. The number of hydrogen-bond acceptors (Lipinski definition) is 5. The van der Waals surface area contributed by atoms with Gasteiger partial charge in [-0.2, -0.15) is 0 Å². The van der Waals surface area contributed by atoms with Crippen molar-refractivity contribution < 1.29 is 9.84 Å². The van der Waals surface area contributed by atoms with Gasteiger partial charge in [0.1, 0.15) is 12.4 Å². The summed E-state index contributed by atoms with van der Waals surface area (Å²) in [6.45, 7) is 0.975. The number of para-hydroxylation sites is 1. The van der Waals surface area contributed by atoms with E-state index in [9.17, 15) is 4.79 Å². The molecule has 0 aliphatic carbocycles. The van der Waals surface area contributed by atoms with Crippen LogP contribution in [-0.4, -0.2) is 34.4 Å². The normalized spacial score (nSPS) is 10.6. The smallest absolute Gasteiger partial charge is 0.252 e. The van der Waals surface area contributed by atoms with Gasteiger partial charge in [-0.3, -0.25) is 9.78 Å². The van der Waals surface area contributed by atoms with Crippen LogP contribution in [0.3, 0.4) is 0 Å². The molecule has 4 N–H and O–H groups in total. The zero-order chi connectivity index (χ0) is 15.2. The fourth-order valence-electron chi connectivity index (χ4n) is 2.05. The van der Waals surface area contributed by atoms with Gasteiger partial charge in [0, 0.05) is 24.7 Å². The molecule has 1 heterocycles. The van der Waals surface area contributed by atoms with E-state index < -0.39 is 0 Å². The Morgan fingerprint density at radius 3 is 2.86 bits per heavy atom. The van der Waals surface area contributed by atoms with Crippen molar-refractivity contribution in [3.8, 4) is 17.0 Å². The van der Waals surface area contributed by atoms with Gasteiger partial charge in [0.2, 0.25) is 0 Å². The molecule has 0 bridgehead atoms. The van der Waals surface area contributed by atoms with Crippen molar-refractivity contribution in [2.45, 2.75) is 6.54 Å². The molecule has 0 saturated carbocycles. The van der Waals surface area contributed by atoms with Gasteiger partial charge in [-0.15, -0.1) is 0 Å². The average Bonchev–Trinajstić information content (AvgIpc) is 2.48. The van der Waals surface area contributed by atoms with Gasteiger partial charge in [-0.25, -0.2) is 0 Å². The summed E-state index contributed by atoms with van der Waals surface area (Å²) in [5.74, 6) is 0.581. The lowest BCUT2D eigenvalue weighted by Gasteiger charge is -2.16. The predicted molar refractivity (Wildman–Crippen MR) is 83.0 cm³/mol. The summed E-state index contributed by atoms with van der Waals surface area (Å²) in [5.41, 5.74) is 6.71. The minimum Gasteiger partial charge on any atom is -0.490 e. The first-order chi connectivity index (χ1) is 10.2. The molecule has 112 valence electrons. The Labute approximate surface area is 126 Å². The highest BCUT2D eigenvalue weighted by Gasteiger charge is 2.11. The molecule has 0 aliphatic rings.